The molecular formula is C20H19ClF3NO7. The lowest BCUT2D eigenvalue weighted by Gasteiger charge is -2.21. The number of nitro benzene ring substituents is 1. The number of esters is 1. The van der Waals surface area contributed by atoms with Gasteiger partial charge in [-0.2, -0.15) is 13.2 Å². The minimum absolute atomic E-state index is 0.0441. The van der Waals surface area contributed by atoms with Crippen molar-refractivity contribution in [2.45, 2.75) is 32.2 Å². The molecule has 0 N–H and O–H groups in total. The molecule has 0 bridgehead atoms. The fourth-order valence-corrected chi connectivity index (χ4v) is 2.60. The Morgan fingerprint density at radius 3 is 2.38 bits per heavy atom. The molecule has 32 heavy (non-hydrogen) atoms. The Kier molecular flexibility index (Phi) is 8.28. The van der Waals surface area contributed by atoms with E-state index in [2.05, 4.69) is 4.74 Å². The number of ether oxygens (including phenoxy) is 4. The predicted molar refractivity (Wildman–Crippen MR) is 107 cm³/mol. The van der Waals surface area contributed by atoms with Gasteiger partial charge in [-0.1, -0.05) is 11.6 Å². The maximum Gasteiger partial charge on any atom is 0.416 e. The summed E-state index contributed by atoms with van der Waals surface area (Å²) in [5, 5.41) is 11.1. The second kappa shape index (κ2) is 10.5. The maximum atomic E-state index is 12.8. The van der Waals surface area contributed by atoms with Crippen molar-refractivity contribution in [2.24, 2.45) is 0 Å². The van der Waals surface area contributed by atoms with Gasteiger partial charge >= 0.3 is 17.8 Å². The number of methoxy groups -OCH3 is 1. The third kappa shape index (κ3) is 6.72. The number of nitrogens with zero attached hydrogens (tertiary/aromatic N) is 1. The minimum atomic E-state index is -4.57. The van der Waals surface area contributed by atoms with Gasteiger partial charge in [-0.25, -0.2) is 4.79 Å². The van der Waals surface area contributed by atoms with E-state index in [-0.39, 0.29) is 34.6 Å². The number of carbonyl (C=O) groups excluding carboxylic acids is 1. The van der Waals surface area contributed by atoms with Gasteiger partial charge in [0.1, 0.15) is 24.2 Å². The molecule has 2 aromatic carbocycles. The van der Waals surface area contributed by atoms with E-state index < -0.39 is 34.8 Å². The normalized spacial score (nSPS) is 13.2. The molecule has 2 aromatic rings. The summed E-state index contributed by atoms with van der Waals surface area (Å²) < 4.78 is 59.3. The summed E-state index contributed by atoms with van der Waals surface area (Å²) in [5.41, 5.74) is -1.32. The summed E-state index contributed by atoms with van der Waals surface area (Å²) in [6, 6.07) is 6.12. The first kappa shape index (κ1) is 25.2. The van der Waals surface area contributed by atoms with Crippen molar-refractivity contribution < 1.29 is 41.8 Å². The zero-order valence-electron chi connectivity index (χ0n) is 17.1. The van der Waals surface area contributed by atoms with Crippen LogP contribution in [0.5, 0.6) is 17.2 Å². The first-order valence-electron chi connectivity index (χ1n) is 9.10. The molecule has 2 unspecified atom stereocenters. The van der Waals surface area contributed by atoms with Gasteiger partial charge in [-0.05, 0) is 38.1 Å². The SMILES string of the molecule is COC(=O)COC(C)C(C)Oc1cc(Oc2ccc(C(F)(F)F)cc2Cl)ccc1[N+](=O)[O-]. The van der Waals surface area contributed by atoms with Gasteiger partial charge in [-0.3, -0.25) is 10.1 Å². The van der Waals surface area contributed by atoms with Crippen molar-refractivity contribution in [3.8, 4) is 17.2 Å². The quantitative estimate of drug-likeness (QED) is 0.271. The molecule has 0 spiro atoms. The summed E-state index contributed by atoms with van der Waals surface area (Å²) in [7, 11) is 1.20. The Morgan fingerprint density at radius 1 is 1.12 bits per heavy atom. The highest BCUT2D eigenvalue weighted by atomic mass is 35.5. The van der Waals surface area contributed by atoms with Crippen molar-refractivity contribution in [1.82, 2.24) is 0 Å². The number of benzene rings is 2. The largest absolute Gasteiger partial charge is 0.481 e. The van der Waals surface area contributed by atoms with Crippen LogP contribution in [-0.2, 0) is 20.4 Å². The van der Waals surface area contributed by atoms with E-state index in [4.69, 9.17) is 25.8 Å². The van der Waals surface area contributed by atoms with E-state index >= 15 is 0 Å². The number of alkyl halides is 3. The predicted octanol–water partition coefficient (Wildman–Crippen LogP) is 5.40. The Balaban J connectivity index is 2.22. The summed E-state index contributed by atoms with van der Waals surface area (Å²) >= 11 is 5.89. The van der Waals surface area contributed by atoms with Gasteiger partial charge in [0.2, 0.25) is 5.75 Å². The molecule has 0 radical (unpaired) electrons. The molecule has 0 fully saturated rings. The molecule has 2 atom stereocenters. The van der Waals surface area contributed by atoms with Crippen molar-refractivity contribution in [2.75, 3.05) is 13.7 Å². The van der Waals surface area contributed by atoms with Crippen LogP contribution in [0.15, 0.2) is 36.4 Å². The van der Waals surface area contributed by atoms with Crippen LogP contribution in [0.3, 0.4) is 0 Å². The van der Waals surface area contributed by atoms with Crippen LogP contribution < -0.4 is 9.47 Å². The summed E-state index contributed by atoms with van der Waals surface area (Å²) in [5.74, 6) is -0.805. The minimum Gasteiger partial charge on any atom is -0.481 e. The van der Waals surface area contributed by atoms with Gasteiger partial charge < -0.3 is 18.9 Å². The van der Waals surface area contributed by atoms with Crippen molar-refractivity contribution in [3.05, 3.63) is 57.1 Å². The lowest BCUT2D eigenvalue weighted by molar-refractivity contribution is -0.386. The van der Waals surface area contributed by atoms with E-state index in [1.807, 2.05) is 0 Å². The van der Waals surface area contributed by atoms with Crippen LogP contribution in [-0.4, -0.2) is 36.8 Å². The molecule has 0 saturated carbocycles. The maximum absolute atomic E-state index is 12.8. The lowest BCUT2D eigenvalue weighted by Crippen LogP contribution is -2.31. The van der Waals surface area contributed by atoms with Crippen molar-refractivity contribution in [1.29, 1.82) is 0 Å². The van der Waals surface area contributed by atoms with Crippen LogP contribution in [0.4, 0.5) is 18.9 Å². The Morgan fingerprint density at radius 2 is 1.81 bits per heavy atom. The molecule has 0 aromatic heterocycles. The number of hydrogen-bond acceptors (Lipinski definition) is 7. The fourth-order valence-electron chi connectivity index (χ4n) is 2.38. The molecule has 0 aliphatic carbocycles. The average Bonchev–Trinajstić information content (AvgIpc) is 2.72. The van der Waals surface area contributed by atoms with E-state index in [9.17, 15) is 28.1 Å². The van der Waals surface area contributed by atoms with Gasteiger partial charge in [-0.15, -0.1) is 0 Å². The number of carbonyl (C=O) groups is 1. The first-order valence-corrected chi connectivity index (χ1v) is 9.48. The Labute approximate surface area is 185 Å². The molecular weight excluding hydrogens is 459 g/mol. The van der Waals surface area contributed by atoms with Gasteiger partial charge in [0.05, 0.1) is 28.7 Å². The third-order valence-corrected chi connectivity index (χ3v) is 4.58. The zero-order valence-corrected chi connectivity index (χ0v) is 17.9. The second-order valence-electron chi connectivity index (χ2n) is 6.55. The summed E-state index contributed by atoms with van der Waals surface area (Å²) in [4.78, 5) is 21.9. The van der Waals surface area contributed by atoms with Crippen LogP contribution in [0.2, 0.25) is 5.02 Å². The monoisotopic (exact) mass is 477 g/mol. The van der Waals surface area contributed by atoms with Gasteiger partial charge in [0.25, 0.3) is 0 Å². The molecule has 0 aliphatic heterocycles. The smallest absolute Gasteiger partial charge is 0.416 e. The number of halogens is 4. The van der Waals surface area contributed by atoms with Crippen LogP contribution >= 0.6 is 11.6 Å². The van der Waals surface area contributed by atoms with Gasteiger partial charge in [0.15, 0.2) is 0 Å². The first-order chi connectivity index (χ1) is 14.9. The molecule has 0 heterocycles. The third-order valence-electron chi connectivity index (χ3n) is 4.28. The van der Waals surface area contributed by atoms with E-state index in [1.54, 1.807) is 13.8 Å². The molecule has 12 heteroatoms. The molecule has 8 nitrogen and oxygen atoms in total. The Hall–Kier alpha value is -3.05. The summed E-state index contributed by atoms with van der Waals surface area (Å²) in [6.07, 6.45) is -5.93. The highest BCUT2D eigenvalue weighted by molar-refractivity contribution is 6.32. The Bertz CT molecular complexity index is 984. The van der Waals surface area contributed by atoms with Crippen molar-refractivity contribution >= 4 is 23.3 Å². The highest BCUT2D eigenvalue weighted by Crippen LogP contribution is 2.38. The fraction of sp³-hybridized carbons (Fsp3) is 0.350. The topological polar surface area (TPSA) is 97.1 Å². The average molecular weight is 478 g/mol. The molecule has 2 rings (SSSR count). The standard InChI is InChI=1S/C20H19ClF3NO7/c1-11(30-10-19(26)29-3)12(2)31-18-9-14(5-6-16(18)25(27)28)32-17-7-4-13(8-15(17)21)20(22,23)24/h4-9,11-12H,10H2,1-3H3. The van der Waals surface area contributed by atoms with Crippen molar-refractivity contribution in [3.63, 3.8) is 0 Å². The number of hydrogen-bond donors (Lipinski definition) is 0. The van der Waals surface area contributed by atoms with Crippen LogP contribution in [0, 0.1) is 10.1 Å². The van der Waals surface area contributed by atoms with Crippen LogP contribution in [0.25, 0.3) is 0 Å². The molecule has 0 amide bonds. The zero-order chi connectivity index (χ0) is 24.1. The molecule has 0 saturated heterocycles. The number of rotatable bonds is 9. The number of nitro groups is 1. The second-order valence-corrected chi connectivity index (χ2v) is 6.95. The lowest BCUT2D eigenvalue weighted by atomic mass is 10.2. The van der Waals surface area contributed by atoms with E-state index in [0.29, 0.717) is 6.07 Å². The van der Waals surface area contributed by atoms with Crippen LogP contribution in [0.1, 0.15) is 19.4 Å². The van der Waals surface area contributed by atoms with E-state index in [1.165, 1.54) is 19.2 Å². The molecule has 0 aliphatic rings. The van der Waals surface area contributed by atoms with E-state index in [0.717, 1.165) is 18.2 Å². The van der Waals surface area contributed by atoms with Gasteiger partial charge in [0, 0.05) is 12.1 Å². The molecule has 174 valence electrons. The highest BCUT2D eigenvalue weighted by Gasteiger charge is 2.31. The summed E-state index contributed by atoms with van der Waals surface area (Å²) in [6.45, 7) is 2.84.